The quantitative estimate of drug-likeness (QED) is 0.238. The van der Waals surface area contributed by atoms with Crippen LogP contribution in [-0.2, 0) is 21.2 Å². The fourth-order valence-corrected chi connectivity index (χ4v) is 5.29. The molecule has 0 saturated carbocycles. The first-order chi connectivity index (χ1) is 17.8. The lowest BCUT2D eigenvalue weighted by Gasteiger charge is -2.22. The van der Waals surface area contributed by atoms with Gasteiger partial charge in [0.2, 0.25) is 15.9 Å². The highest BCUT2D eigenvalue weighted by atomic mass is 35.5. The molecule has 37 heavy (non-hydrogen) atoms. The van der Waals surface area contributed by atoms with Crippen molar-refractivity contribution >= 4 is 44.8 Å². The molecule has 1 amide bonds. The summed E-state index contributed by atoms with van der Waals surface area (Å²) in [6, 6.07) is 29.3. The fourth-order valence-electron chi connectivity index (χ4n) is 3.59. The molecule has 9 heteroatoms. The Hall–Kier alpha value is -3.36. The van der Waals surface area contributed by atoms with Crippen LogP contribution in [0.2, 0.25) is 10.0 Å². The van der Waals surface area contributed by atoms with Crippen LogP contribution in [0, 0.1) is 0 Å². The molecule has 4 rings (SSSR count). The van der Waals surface area contributed by atoms with E-state index in [9.17, 15) is 13.2 Å². The van der Waals surface area contributed by atoms with Crippen LogP contribution in [0.1, 0.15) is 5.56 Å². The zero-order valence-corrected chi connectivity index (χ0v) is 22.0. The minimum absolute atomic E-state index is 0.0496. The second-order valence-electron chi connectivity index (χ2n) is 8.13. The van der Waals surface area contributed by atoms with Gasteiger partial charge in [0.25, 0.3) is 0 Å². The van der Waals surface area contributed by atoms with Gasteiger partial charge in [0.05, 0.1) is 17.1 Å². The summed E-state index contributed by atoms with van der Waals surface area (Å²) in [5.41, 5.74) is 1.28. The van der Waals surface area contributed by atoms with E-state index in [1.807, 2.05) is 48.5 Å². The van der Waals surface area contributed by atoms with Gasteiger partial charge in [0, 0.05) is 16.6 Å². The van der Waals surface area contributed by atoms with Crippen molar-refractivity contribution in [2.75, 3.05) is 18.4 Å². The highest BCUT2D eigenvalue weighted by Crippen LogP contribution is 2.32. The van der Waals surface area contributed by atoms with E-state index in [1.54, 1.807) is 30.3 Å². The molecule has 0 aliphatic heterocycles. The molecule has 0 atom stereocenters. The largest absolute Gasteiger partial charge is 0.455 e. The van der Waals surface area contributed by atoms with E-state index < -0.39 is 22.5 Å². The molecule has 4 aromatic carbocycles. The predicted molar refractivity (Wildman–Crippen MR) is 147 cm³/mol. The average Bonchev–Trinajstić information content (AvgIpc) is 2.89. The van der Waals surface area contributed by atoms with Crippen molar-refractivity contribution in [1.29, 1.82) is 0 Å². The summed E-state index contributed by atoms with van der Waals surface area (Å²) in [5.74, 6) is 0.418. The normalized spacial score (nSPS) is 11.3. The van der Waals surface area contributed by atoms with Gasteiger partial charge in [-0.2, -0.15) is 4.31 Å². The Morgan fingerprint density at radius 1 is 0.811 bits per heavy atom. The molecule has 0 spiro atoms. The van der Waals surface area contributed by atoms with Gasteiger partial charge in [-0.05, 0) is 66.6 Å². The molecule has 6 nitrogen and oxygen atoms in total. The van der Waals surface area contributed by atoms with E-state index in [2.05, 4.69) is 5.32 Å². The maximum atomic E-state index is 13.5. The minimum Gasteiger partial charge on any atom is -0.455 e. The van der Waals surface area contributed by atoms with E-state index in [-0.39, 0.29) is 11.4 Å². The van der Waals surface area contributed by atoms with Crippen LogP contribution in [0.5, 0.6) is 11.5 Å². The van der Waals surface area contributed by atoms with Gasteiger partial charge in [0.1, 0.15) is 5.75 Å². The van der Waals surface area contributed by atoms with Crippen LogP contribution in [0.15, 0.2) is 108 Å². The summed E-state index contributed by atoms with van der Waals surface area (Å²) in [6.45, 7) is -0.305. The van der Waals surface area contributed by atoms with E-state index in [1.165, 1.54) is 24.3 Å². The number of anilines is 1. The summed E-state index contributed by atoms with van der Waals surface area (Å²) >= 11 is 12.1. The Balaban J connectivity index is 1.56. The number of carbonyl (C=O) groups is 1. The Kier molecular flexibility index (Phi) is 8.84. The van der Waals surface area contributed by atoms with Crippen LogP contribution in [0.25, 0.3) is 0 Å². The van der Waals surface area contributed by atoms with Crippen molar-refractivity contribution in [3.63, 3.8) is 0 Å². The van der Waals surface area contributed by atoms with Crippen LogP contribution in [-0.4, -0.2) is 31.7 Å². The first-order valence-electron chi connectivity index (χ1n) is 11.4. The number of nitrogens with zero attached hydrogens (tertiary/aromatic N) is 1. The maximum absolute atomic E-state index is 13.5. The van der Waals surface area contributed by atoms with E-state index >= 15 is 0 Å². The van der Waals surface area contributed by atoms with Gasteiger partial charge in [-0.25, -0.2) is 8.42 Å². The molecule has 0 aromatic heterocycles. The first kappa shape index (κ1) is 26.7. The Bertz CT molecular complexity index is 1450. The lowest BCUT2D eigenvalue weighted by Crippen LogP contribution is -2.39. The van der Waals surface area contributed by atoms with Gasteiger partial charge in [-0.1, -0.05) is 71.7 Å². The monoisotopic (exact) mass is 554 g/mol. The topological polar surface area (TPSA) is 75.7 Å². The number of nitrogens with one attached hydrogen (secondary N) is 1. The number of amides is 1. The van der Waals surface area contributed by atoms with Crippen molar-refractivity contribution < 1.29 is 17.9 Å². The fraction of sp³-hybridized carbons (Fsp3) is 0.107. The van der Waals surface area contributed by atoms with Crippen molar-refractivity contribution in [2.45, 2.75) is 11.3 Å². The molecule has 0 aliphatic carbocycles. The molecule has 0 heterocycles. The molecular weight excluding hydrogens is 531 g/mol. The van der Waals surface area contributed by atoms with E-state index in [0.717, 1.165) is 9.87 Å². The Labute approximate surface area is 226 Å². The molecule has 0 aliphatic rings. The molecule has 4 aromatic rings. The van der Waals surface area contributed by atoms with E-state index in [0.29, 0.717) is 33.7 Å². The van der Waals surface area contributed by atoms with Gasteiger partial charge < -0.3 is 10.1 Å². The third kappa shape index (κ3) is 7.33. The Morgan fingerprint density at radius 2 is 1.43 bits per heavy atom. The number of sulfonamides is 1. The van der Waals surface area contributed by atoms with Crippen molar-refractivity contribution in [3.05, 3.63) is 119 Å². The maximum Gasteiger partial charge on any atom is 0.243 e. The van der Waals surface area contributed by atoms with Crippen molar-refractivity contribution in [3.8, 4) is 11.5 Å². The molecule has 0 bridgehead atoms. The predicted octanol–water partition coefficient (Wildman–Crippen LogP) is 6.66. The third-order valence-electron chi connectivity index (χ3n) is 5.45. The number of carbonyl (C=O) groups excluding carboxylic acids is 1. The summed E-state index contributed by atoms with van der Waals surface area (Å²) < 4.78 is 34.0. The second-order valence-corrected chi connectivity index (χ2v) is 10.9. The molecule has 190 valence electrons. The average molecular weight is 555 g/mol. The van der Waals surface area contributed by atoms with Gasteiger partial charge in [-0.3, -0.25) is 4.79 Å². The number of halogens is 2. The SMILES string of the molecule is O=C(CN(CCc1ccccc1)S(=O)(=O)c1ccc(Cl)cc1)Nc1cc(Cl)ccc1Oc1ccccc1. The number of benzene rings is 4. The minimum atomic E-state index is -3.99. The number of para-hydroxylation sites is 1. The standard InChI is InChI=1S/C28H24Cl2N2O4S/c29-22-11-14-25(15-12-22)37(34,35)32(18-17-21-7-3-1-4-8-21)20-28(33)31-26-19-23(30)13-16-27(26)36-24-9-5-2-6-10-24/h1-16,19H,17-18,20H2,(H,31,33). The molecule has 0 radical (unpaired) electrons. The summed E-state index contributed by atoms with van der Waals surface area (Å²) in [4.78, 5) is 13.2. The molecule has 0 saturated heterocycles. The summed E-state index contributed by atoms with van der Waals surface area (Å²) in [7, 11) is -3.99. The smallest absolute Gasteiger partial charge is 0.243 e. The molecular formula is C28H24Cl2N2O4S. The second kappa shape index (κ2) is 12.3. The first-order valence-corrected chi connectivity index (χ1v) is 13.6. The lowest BCUT2D eigenvalue weighted by molar-refractivity contribution is -0.116. The van der Waals surface area contributed by atoms with Crippen LogP contribution in [0.4, 0.5) is 5.69 Å². The van der Waals surface area contributed by atoms with Gasteiger partial charge >= 0.3 is 0 Å². The highest BCUT2D eigenvalue weighted by Gasteiger charge is 2.27. The lowest BCUT2D eigenvalue weighted by atomic mass is 10.1. The van der Waals surface area contributed by atoms with Crippen LogP contribution in [0.3, 0.4) is 0 Å². The van der Waals surface area contributed by atoms with Crippen molar-refractivity contribution in [2.24, 2.45) is 0 Å². The van der Waals surface area contributed by atoms with Crippen LogP contribution >= 0.6 is 23.2 Å². The van der Waals surface area contributed by atoms with Crippen molar-refractivity contribution in [1.82, 2.24) is 4.31 Å². The number of hydrogen-bond acceptors (Lipinski definition) is 4. The number of rotatable bonds is 10. The highest BCUT2D eigenvalue weighted by molar-refractivity contribution is 7.89. The van der Waals surface area contributed by atoms with E-state index in [4.69, 9.17) is 27.9 Å². The number of hydrogen-bond donors (Lipinski definition) is 1. The zero-order valence-electron chi connectivity index (χ0n) is 19.7. The molecule has 0 fully saturated rings. The van der Waals surface area contributed by atoms with Gasteiger partial charge in [-0.15, -0.1) is 0 Å². The Morgan fingerprint density at radius 3 is 2.11 bits per heavy atom. The molecule has 1 N–H and O–H groups in total. The zero-order chi connectivity index (χ0) is 26.3. The van der Waals surface area contributed by atoms with Crippen LogP contribution < -0.4 is 10.1 Å². The summed E-state index contributed by atoms with van der Waals surface area (Å²) in [5, 5.41) is 3.57. The summed E-state index contributed by atoms with van der Waals surface area (Å²) in [6.07, 6.45) is 0.431. The van der Waals surface area contributed by atoms with Gasteiger partial charge in [0.15, 0.2) is 5.75 Å². The number of ether oxygens (including phenoxy) is 1. The molecule has 0 unspecified atom stereocenters. The third-order valence-corrected chi connectivity index (χ3v) is 7.80.